The summed E-state index contributed by atoms with van der Waals surface area (Å²) < 4.78 is 39.3. The maximum atomic E-state index is 13.1. The largest absolute Gasteiger partial charge is 0.416 e. The number of benzene rings is 1. The van der Waals surface area contributed by atoms with Gasteiger partial charge in [-0.1, -0.05) is 17.7 Å². The fraction of sp³-hybridized carbons (Fsp3) is 0.500. The molecule has 21 heavy (non-hydrogen) atoms. The number of nitrogens with zero attached hydrogens (tertiary/aromatic N) is 1. The summed E-state index contributed by atoms with van der Waals surface area (Å²) >= 11 is 0. The highest BCUT2D eigenvalue weighted by atomic mass is 19.4. The Balaban J connectivity index is 2.21. The second-order valence-corrected chi connectivity index (χ2v) is 5.65. The molecule has 1 heterocycles. The van der Waals surface area contributed by atoms with E-state index < -0.39 is 11.7 Å². The summed E-state index contributed by atoms with van der Waals surface area (Å²) in [6, 6.07) is 4.08. The van der Waals surface area contributed by atoms with E-state index in [1.165, 1.54) is 6.07 Å². The minimum Gasteiger partial charge on any atom is -0.399 e. The average molecular weight is 298 g/mol. The van der Waals surface area contributed by atoms with Gasteiger partial charge in [-0.2, -0.15) is 13.2 Å². The molecule has 0 bridgehead atoms. The van der Waals surface area contributed by atoms with Crippen LogP contribution in [0.1, 0.15) is 30.4 Å². The molecule has 0 saturated heterocycles. The van der Waals surface area contributed by atoms with Gasteiger partial charge in [0.1, 0.15) is 0 Å². The second-order valence-electron chi connectivity index (χ2n) is 5.65. The van der Waals surface area contributed by atoms with E-state index >= 15 is 0 Å². The topological polar surface area (TPSA) is 29.3 Å². The smallest absolute Gasteiger partial charge is 0.399 e. The van der Waals surface area contributed by atoms with Crippen LogP contribution < -0.4 is 5.73 Å². The summed E-state index contributed by atoms with van der Waals surface area (Å²) in [6.45, 7) is 1.95. The molecule has 2 nitrogen and oxygen atoms in total. The van der Waals surface area contributed by atoms with Gasteiger partial charge >= 0.3 is 6.18 Å². The molecule has 2 N–H and O–H groups in total. The fourth-order valence-electron chi connectivity index (χ4n) is 2.70. The second kappa shape index (κ2) is 6.52. The maximum Gasteiger partial charge on any atom is 0.416 e. The molecule has 0 amide bonds. The van der Waals surface area contributed by atoms with Crippen molar-refractivity contribution < 1.29 is 13.2 Å². The van der Waals surface area contributed by atoms with Crippen LogP contribution in [0.25, 0.3) is 0 Å². The van der Waals surface area contributed by atoms with Gasteiger partial charge in [-0.05, 0) is 57.0 Å². The molecule has 1 aromatic rings. The molecule has 5 heteroatoms. The molecular weight excluding hydrogens is 277 g/mol. The highest BCUT2D eigenvalue weighted by Crippen LogP contribution is 2.34. The Morgan fingerprint density at radius 3 is 2.71 bits per heavy atom. The number of alkyl halides is 3. The van der Waals surface area contributed by atoms with Gasteiger partial charge in [0.25, 0.3) is 0 Å². The number of hydrogen-bond acceptors (Lipinski definition) is 2. The van der Waals surface area contributed by atoms with E-state index in [0.29, 0.717) is 12.0 Å². The number of anilines is 1. The Morgan fingerprint density at radius 1 is 1.24 bits per heavy atom. The van der Waals surface area contributed by atoms with Crippen molar-refractivity contribution in [3.8, 4) is 0 Å². The minimum absolute atomic E-state index is 0.152. The molecule has 0 spiro atoms. The van der Waals surface area contributed by atoms with Gasteiger partial charge in [-0.25, -0.2) is 0 Å². The Hall–Kier alpha value is -1.49. The molecular formula is C16H21F3N2. The van der Waals surface area contributed by atoms with E-state index in [9.17, 15) is 13.2 Å². The Morgan fingerprint density at radius 2 is 2.00 bits per heavy atom. The van der Waals surface area contributed by atoms with Crippen molar-refractivity contribution in [2.45, 2.75) is 31.9 Å². The highest BCUT2D eigenvalue weighted by Gasteiger charge is 2.33. The van der Waals surface area contributed by atoms with Crippen LogP contribution in [0.4, 0.5) is 18.9 Å². The van der Waals surface area contributed by atoms with E-state index in [1.807, 2.05) is 0 Å². The molecule has 0 aromatic heterocycles. The lowest BCUT2D eigenvalue weighted by Gasteiger charge is -2.20. The van der Waals surface area contributed by atoms with Crippen LogP contribution in [0.5, 0.6) is 0 Å². The Kier molecular flexibility index (Phi) is 4.93. The third-order valence-electron chi connectivity index (χ3n) is 3.84. The maximum absolute atomic E-state index is 13.1. The first kappa shape index (κ1) is 15.9. The van der Waals surface area contributed by atoms with Crippen LogP contribution in [0.15, 0.2) is 29.8 Å². The zero-order chi connectivity index (χ0) is 15.5. The summed E-state index contributed by atoms with van der Waals surface area (Å²) in [5.41, 5.74) is 6.45. The third-order valence-corrected chi connectivity index (χ3v) is 3.84. The number of allylic oxidation sites excluding steroid dienone is 1. The lowest BCUT2D eigenvalue weighted by atomic mass is 9.95. The van der Waals surface area contributed by atoms with Crippen molar-refractivity contribution in [3.05, 3.63) is 41.0 Å². The molecule has 1 aliphatic heterocycles. The van der Waals surface area contributed by atoms with Gasteiger partial charge in [0.05, 0.1) is 5.56 Å². The first-order valence-electron chi connectivity index (χ1n) is 7.18. The molecule has 0 unspecified atom stereocenters. The average Bonchev–Trinajstić information content (AvgIpc) is 2.36. The quantitative estimate of drug-likeness (QED) is 0.663. The Bertz CT molecular complexity index is 521. The van der Waals surface area contributed by atoms with E-state index in [-0.39, 0.29) is 5.69 Å². The first-order valence-corrected chi connectivity index (χ1v) is 7.18. The molecule has 1 aromatic carbocycles. The van der Waals surface area contributed by atoms with E-state index in [4.69, 9.17) is 5.73 Å². The normalized spacial score (nSPS) is 20.5. The summed E-state index contributed by atoms with van der Waals surface area (Å²) in [4.78, 5) is 2.25. The summed E-state index contributed by atoms with van der Waals surface area (Å²) in [5, 5.41) is 0. The molecule has 0 atom stereocenters. The van der Waals surface area contributed by atoms with Crippen molar-refractivity contribution >= 4 is 5.69 Å². The van der Waals surface area contributed by atoms with Gasteiger partial charge in [0.15, 0.2) is 0 Å². The van der Waals surface area contributed by atoms with Crippen molar-refractivity contribution in [1.29, 1.82) is 0 Å². The zero-order valence-electron chi connectivity index (χ0n) is 12.2. The minimum atomic E-state index is -4.35. The lowest BCUT2D eigenvalue weighted by Crippen LogP contribution is -2.22. The summed E-state index contributed by atoms with van der Waals surface area (Å²) in [5.74, 6) is 0. The summed E-state index contributed by atoms with van der Waals surface area (Å²) in [6.07, 6.45) is 0.824. The number of nitrogens with two attached hydrogens (primary N) is 1. The van der Waals surface area contributed by atoms with Gasteiger partial charge in [0, 0.05) is 12.2 Å². The monoisotopic (exact) mass is 298 g/mol. The van der Waals surface area contributed by atoms with Crippen molar-refractivity contribution in [2.24, 2.45) is 0 Å². The number of nitrogen functional groups attached to an aromatic ring is 1. The van der Waals surface area contributed by atoms with Gasteiger partial charge in [-0.3, -0.25) is 0 Å². The fourth-order valence-corrected chi connectivity index (χ4v) is 2.70. The third kappa shape index (κ3) is 4.49. The standard InChI is InChI=1S/C16H21F3N2/c1-21-8-2-4-12(5-3-9-21)10-13-6-7-14(20)11-15(13)16(17,18)19/h4,6-7,11H,2-3,5,8-10,20H2,1H3/b12-4-. The Labute approximate surface area is 123 Å². The van der Waals surface area contributed by atoms with Crippen LogP contribution in [-0.4, -0.2) is 25.0 Å². The number of rotatable bonds is 2. The predicted molar refractivity (Wildman–Crippen MR) is 79.0 cm³/mol. The van der Waals surface area contributed by atoms with Crippen LogP contribution in [0.2, 0.25) is 0 Å². The first-order chi connectivity index (χ1) is 9.86. The van der Waals surface area contributed by atoms with E-state index in [1.54, 1.807) is 6.07 Å². The number of halogens is 3. The van der Waals surface area contributed by atoms with Crippen molar-refractivity contribution in [1.82, 2.24) is 4.90 Å². The zero-order valence-corrected chi connectivity index (χ0v) is 12.2. The number of hydrogen-bond donors (Lipinski definition) is 1. The SMILES string of the molecule is CN1CC/C=C(\Cc2ccc(N)cc2C(F)(F)F)CCC1. The molecule has 0 fully saturated rings. The van der Waals surface area contributed by atoms with E-state index in [0.717, 1.165) is 44.0 Å². The van der Waals surface area contributed by atoms with Crippen molar-refractivity contribution in [2.75, 3.05) is 25.9 Å². The molecule has 0 aliphatic carbocycles. The van der Waals surface area contributed by atoms with E-state index in [2.05, 4.69) is 18.0 Å². The molecule has 116 valence electrons. The van der Waals surface area contributed by atoms with Crippen LogP contribution in [-0.2, 0) is 12.6 Å². The van der Waals surface area contributed by atoms with Crippen LogP contribution in [0, 0.1) is 0 Å². The van der Waals surface area contributed by atoms with Gasteiger partial charge in [-0.15, -0.1) is 0 Å². The molecule has 2 rings (SSSR count). The summed E-state index contributed by atoms with van der Waals surface area (Å²) in [7, 11) is 2.07. The van der Waals surface area contributed by atoms with Crippen molar-refractivity contribution in [3.63, 3.8) is 0 Å². The van der Waals surface area contributed by atoms with Gasteiger partial charge < -0.3 is 10.6 Å². The van der Waals surface area contributed by atoms with Crippen LogP contribution in [0.3, 0.4) is 0 Å². The molecule has 1 aliphatic rings. The molecule has 0 saturated carbocycles. The highest BCUT2D eigenvalue weighted by molar-refractivity contribution is 5.47. The molecule has 0 radical (unpaired) electrons. The van der Waals surface area contributed by atoms with Crippen LogP contribution >= 0.6 is 0 Å². The predicted octanol–water partition coefficient (Wildman–Crippen LogP) is 3.87. The van der Waals surface area contributed by atoms with Gasteiger partial charge in [0.2, 0.25) is 0 Å². The lowest BCUT2D eigenvalue weighted by molar-refractivity contribution is -0.138.